The van der Waals surface area contributed by atoms with E-state index in [1.165, 1.54) is 11.9 Å². The normalized spacial score (nSPS) is 11.8. The van der Waals surface area contributed by atoms with Gasteiger partial charge in [-0.25, -0.2) is 0 Å². The highest BCUT2D eigenvalue weighted by Gasteiger charge is 2.27. The molecule has 0 aliphatic heterocycles. The van der Waals surface area contributed by atoms with Crippen LogP contribution in [0.4, 0.5) is 13.2 Å². The number of rotatable bonds is 5. The summed E-state index contributed by atoms with van der Waals surface area (Å²) < 4.78 is 35.9. The molecule has 0 heterocycles. The largest absolute Gasteiger partial charge is 0.390 e. The monoisotopic (exact) mass is 245 g/mol. The first kappa shape index (κ1) is 13.7. The third-order valence-corrected chi connectivity index (χ3v) is 2.29. The summed E-state index contributed by atoms with van der Waals surface area (Å²) in [5.41, 5.74) is 0.520. The number of hydrogen-bond acceptors (Lipinski definition) is 2. The number of nitrogens with zero attached hydrogens (tertiary/aromatic N) is 1. The zero-order valence-electron chi connectivity index (χ0n) is 9.50. The molecule has 0 radical (unpaired) electrons. The molecular weight excluding hydrogens is 231 g/mol. The van der Waals surface area contributed by atoms with Gasteiger partial charge in [-0.3, -0.25) is 9.69 Å². The number of Topliss-reactive ketones (excluding diaryl/α,β-unsaturated/α-hetero) is 1. The van der Waals surface area contributed by atoms with Gasteiger partial charge in [-0.1, -0.05) is 30.3 Å². The summed E-state index contributed by atoms with van der Waals surface area (Å²) in [6.07, 6.45) is -5.07. The Hall–Kier alpha value is -1.36. The van der Waals surface area contributed by atoms with Crippen LogP contribution in [0.3, 0.4) is 0 Å². The van der Waals surface area contributed by atoms with Crippen molar-refractivity contribution in [2.45, 2.75) is 12.6 Å². The van der Waals surface area contributed by atoms with Crippen LogP contribution in [0.25, 0.3) is 0 Å². The zero-order valence-corrected chi connectivity index (χ0v) is 9.50. The molecule has 17 heavy (non-hydrogen) atoms. The highest BCUT2D eigenvalue weighted by Crippen LogP contribution is 2.19. The summed E-state index contributed by atoms with van der Waals surface area (Å²) in [5, 5.41) is 0. The molecule has 0 aliphatic rings. The van der Waals surface area contributed by atoms with Crippen LogP contribution in [0.15, 0.2) is 30.3 Å². The molecule has 0 amide bonds. The van der Waals surface area contributed by atoms with Crippen molar-refractivity contribution in [2.75, 3.05) is 20.1 Å². The minimum Gasteiger partial charge on any atom is -0.299 e. The van der Waals surface area contributed by atoms with Crippen LogP contribution >= 0.6 is 0 Å². The van der Waals surface area contributed by atoms with E-state index in [0.29, 0.717) is 5.56 Å². The second kappa shape index (κ2) is 5.82. The number of halogens is 3. The van der Waals surface area contributed by atoms with Gasteiger partial charge in [-0.05, 0) is 7.05 Å². The van der Waals surface area contributed by atoms with Gasteiger partial charge in [0.25, 0.3) is 0 Å². The van der Waals surface area contributed by atoms with Crippen LogP contribution in [0.5, 0.6) is 0 Å². The number of carbonyl (C=O) groups is 1. The van der Waals surface area contributed by atoms with Gasteiger partial charge in [-0.15, -0.1) is 0 Å². The molecule has 0 N–H and O–H groups in total. The highest BCUT2D eigenvalue weighted by atomic mass is 19.4. The smallest absolute Gasteiger partial charge is 0.299 e. The first-order valence-corrected chi connectivity index (χ1v) is 5.22. The van der Waals surface area contributed by atoms with Gasteiger partial charge in [0, 0.05) is 12.1 Å². The molecule has 0 aliphatic carbocycles. The van der Waals surface area contributed by atoms with Crippen molar-refractivity contribution in [3.63, 3.8) is 0 Å². The van der Waals surface area contributed by atoms with E-state index in [-0.39, 0.29) is 18.9 Å². The van der Waals surface area contributed by atoms with Crippen molar-refractivity contribution in [3.05, 3.63) is 35.9 Å². The minimum absolute atomic E-state index is 0.0000926. The molecule has 0 spiro atoms. The molecule has 0 fully saturated rings. The van der Waals surface area contributed by atoms with E-state index in [0.717, 1.165) is 0 Å². The van der Waals surface area contributed by atoms with Gasteiger partial charge >= 0.3 is 6.18 Å². The summed E-state index contributed by atoms with van der Waals surface area (Å²) >= 11 is 0. The fraction of sp³-hybridized carbons (Fsp3) is 0.417. The maximum absolute atomic E-state index is 12.0. The van der Waals surface area contributed by atoms with Gasteiger partial charge in [0.05, 0.1) is 13.0 Å². The number of likely N-dealkylation sites (N-methyl/N-ethyl adjacent to an activating group) is 1. The molecular formula is C12H14F3NO. The molecule has 0 bridgehead atoms. The quantitative estimate of drug-likeness (QED) is 0.743. The first-order chi connectivity index (χ1) is 7.88. The van der Waals surface area contributed by atoms with Crippen molar-refractivity contribution >= 4 is 5.78 Å². The molecule has 1 aromatic carbocycles. The molecule has 1 aromatic rings. The Bertz CT molecular complexity index is 362. The molecule has 0 saturated carbocycles. The Morgan fingerprint density at radius 1 is 1.24 bits per heavy atom. The lowest BCUT2D eigenvalue weighted by Crippen LogP contribution is -2.29. The van der Waals surface area contributed by atoms with Crippen molar-refractivity contribution in [1.82, 2.24) is 4.90 Å². The molecule has 0 unspecified atom stereocenters. The van der Waals surface area contributed by atoms with Crippen LogP contribution < -0.4 is 0 Å². The number of hydrogen-bond donors (Lipinski definition) is 0. The maximum atomic E-state index is 12.0. The topological polar surface area (TPSA) is 20.3 Å². The molecule has 0 aromatic heterocycles. The van der Waals surface area contributed by atoms with Crippen molar-refractivity contribution in [3.8, 4) is 0 Å². The molecule has 1 rings (SSSR count). The van der Waals surface area contributed by atoms with Crippen LogP contribution in [0, 0.1) is 0 Å². The van der Waals surface area contributed by atoms with E-state index in [1.54, 1.807) is 30.3 Å². The van der Waals surface area contributed by atoms with E-state index in [9.17, 15) is 18.0 Å². The van der Waals surface area contributed by atoms with E-state index in [2.05, 4.69) is 0 Å². The van der Waals surface area contributed by atoms with Crippen LogP contribution in [0.2, 0.25) is 0 Å². The van der Waals surface area contributed by atoms with Crippen LogP contribution in [0.1, 0.15) is 16.8 Å². The van der Waals surface area contributed by atoms with E-state index in [1.807, 2.05) is 0 Å². The van der Waals surface area contributed by atoms with E-state index >= 15 is 0 Å². The van der Waals surface area contributed by atoms with Crippen molar-refractivity contribution in [1.29, 1.82) is 0 Å². The Balaban J connectivity index is 2.42. The number of ketones is 1. The summed E-state index contributed by atoms with van der Waals surface area (Å²) in [6.45, 7) is -0.165. The number of alkyl halides is 3. The standard InChI is InChI=1S/C12H14F3NO/c1-16(8-7-12(13,14)15)9-11(17)10-5-3-2-4-6-10/h2-6H,7-9H2,1H3. The van der Waals surface area contributed by atoms with E-state index in [4.69, 9.17) is 0 Å². The Labute approximate surface area is 98.0 Å². The summed E-state index contributed by atoms with van der Waals surface area (Å²) in [6, 6.07) is 8.54. The molecule has 0 atom stereocenters. The second-order valence-corrected chi connectivity index (χ2v) is 3.89. The lowest BCUT2D eigenvalue weighted by Gasteiger charge is -2.16. The second-order valence-electron chi connectivity index (χ2n) is 3.89. The van der Waals surface area contributed by atoms with Gasteiger partial charge in [0.1, 0.15) is 0 Å². The van der Waals surface area contributed by atoms with E-state index < -0.39 is 12.6 Å². The lowest BCUT2D eigenvalue weighted by atomic mass is 10.1. The molecule has 0 saturated heterocycles. The molecule has 5 heteroatoms. The van der Waals surface area contributed by atoms with Gasteiger partial charge < -0.3 is 0 Å². The third kappa shape index (κ3) is 5.49. The predicted molar refractivity (Wildman–Crippen MR) is 58.9 cm³/mol. The van der Waals surface area contributed by atoms with Crippen LogP contribution in [-0.2, 0) is 0 Å². The SMILES string of the molecule is CN(CCC(F)(F)F)CC(=O)c1ccccc1. The van der Waals surface area contributed by atoms with Crippen molar-refractivity contribution in [2.24, 2.45) is 0 Å². The van der Waals surface area contributed by atoms with Gasteiger partial charge in [-0.2, -0.15) is 13.2 Å². The minimum atomic E-state index is -4.18. The summed E-state index contributed by atoms with van der Waals surface area (Å²) in [5.74, 6) is -0.171. The average Bonchev–Trinajstić information content (AvgIpc) is 2.27. The van der Waals surface area contributed by atoms with Crippen molar-refractivity contribution < 1.29 is 18.0 Å². The third-order valence-electron chi connectivity index (χ3n) is 2.29. The Morgan fingerprint density at radius 3 is 2.35 bits per heavy atom. The summed E-state index contributed by atoms with van der Waals surface area (Å²) in [4.78, 5) is 13.0. The Morgan fingerprint density at radius 2 is 1.82 bits per heavy atom. The number of benzene rings is 1. The lowest BCUT2D eigenvalue weighted by molar-refractivity contribution is -0.137. The van der Waals surface area contributed by atoms with Gasteiger partial charge in [0.15, 0.2) is 5.78 Å². The maximum Gasteiger partial charge on any atom is 0.390 e. The molecule has 94 valence electrons. The first-order valence-electron chi connectivity index (χ1n) is 5.22. The Kier molecular flexibility index (Phi) is 4.69. The molecule has 2 nitrogen and oxygen atoms in total. The summed E-state index contributed by atoms with van der Waals surface area (Å²) in [7, 11) is 1.51. The highest BCUT2D eigenvalue weighted by molar-refractivity contribution is 5.97. The predicted octanol–water partition coefficient (Wildman–Crippen LogP) is 2.75. The van der Waals surface area contributed by atoms with Gasteiger partial charge in [0.2, 0.25) is 0 Å². The fourth-order valence-corrected chi connectivity index (χ4v) is 1.36. The fourth-order valence-electron chi connectivity index (χ4n) is 1.36. The zero-order chi connectivity index (χ0) is 12.9. The van der Waals surface area contributed by atoms with Crippen LogP contribution in [-0.4, -0.2) is 37.0 Å². The number of carbonyl (C=O) groups excluding carboxylic acids is 1. The average molecular weight is 245 g/mol.